The first-order valence-electron chi connectivity index (χ1n) is 15.6. The number of fused-ring (bicyclic) bond motifs is 5. The zero-order chi connectivity index (χ0) is 29.7. The molecule has 4 aliphatic heterocycles. The number of aromatic nitrogens is 1. The number of hydrogen-bond donors (Lipinski definition) is 3. The number of nitrogens with one attached hydrogen (secondary N) is 2. The number of aromatic amines is 1. The maximum Gasteiger partial charge on any atom is 0.281 e. The second-order valence-corrected chi connectivity index (χ2v) is 14.0. The number of nitrogens with zero attached hydrogens (tertiary/aromatic N) is 3. The number of likely N-dealkylation sites (tertiary alicyclic amines) is 1. The molecule has 1 aliphatic carbocycles. The van der Waals surface area contributed by atoms with Crippen LogP contribution in [0, 0.1) is 17.8 Å². The van der Waals surface area contributed by atoms with Crippen LogP contribution in [0.3, 0.4) is 0 Å². The van der Waals surface area contributed by atoms with Gasteiger partial charge in [0, 0.05) is 48.1 Å². The molecule has 4 fully saturated rings. The van der Waals surface area contributed by atoms with Gasteiger partial charge >= 0.3 is 0 Å². The van der Waals surface area contributed by atoms with Crippen molar-refractivity contribution in [2.24, 2.45) is 17.8 Å². The second kappa shape index (κ2) is 9.53. The van der Waals surface area contributed by atoms with Gasteiger partial charge in [-0.15, -0.1) is 0 Å². The molecule has 5 aliphatic rings. The molecule has 1 aromatic carbocycles. The minimum absolute atomic E-state index is 0.116. The van der Waals surface area contributed by atoms with Crippen LogP contribution >= 0.6 is 0 Å². The van der Waals surface area contributed by atoms with Crippen molar-refractivity contribution in [2.75, 3.05) is 20.1 Å². The van der Waals surface area contributed by atoms with E-state index in [0.29, 0.717) is 32.4 Å². The molecule has 3 N–H and O–H groups in total. The van der Waals surface area contributed by atoms with Gasteiger partial charge in [0.2, 0.25) is 17.5 Å². The summed E-state index contributed by atoms with van der Waals surface area (Å²) in [4.78, 5) is 50.8. The molecule has 2 aromatic rings. The Labute approximate surface area is 246 Å². The van der Waals surface area contributed by atoms with Crippen molar-refractivity contribution in [3.8, 4) is 0 Å². The lowest BCUT2D eigenvalue weighted by atomic mass is 9.72. The fraction of sp³-hybridized carbons (Fsp3) is 0.656. The minimum Gasteiger partial charge on any atom is -0.361 e. The molecule has 226 valence electrons. The van der Waals surface area contributed by atoms with E-state index in [1.165, 1.54) is 21.4 Å². The largest absolute Gasteiger partial charge is 0.361 e. The predicted octanol–water partition coefficient (Wildman–Crippen LogP) is 2.52. The molecule has 10 heteroatoms. The Bertz CT molecular complexity index is 1450. The molecular formula is C32H43N5O5. The molecule has 10 nitrogen and oxygen atoms in total. The Morgan fingerprint density at radius 2 is 2.02 bits per heavy atom. The van der Waals surface area contributed by atoms with E-state index < -0.39 is 35.5 Å². The maximum atomic E-state index is 14.4. The molecule has 0 unspecified atom stereocenters. The van der Waals surface area contributed by atoms with Gasteiger partial charge in [-0.3, -0.25) is 24.0 Å². The Hall–Kier alpha value is -2.95. The topological polar surface area (TPSA) is 118 Å². The number of likely N-dealkylation sites (N-methyl/N-ethyl adjacent to an activating group) is 1. The first-order valence-corrected chi connectivity index (χ1v) is 15.6. The van der Waals surface area contributed by atoms with Crippen LogP contribution < -0.4 is 5.32 Å². The molecule has 7 atom stereocenters. The standard InChI is InChI=1S/C32H43N5O5/c1-17(2)12-25-29(39)36-11-7-10-26(36)32(41)37(25)30(40)31(42-32,18(3)4)34-28(38)20-13-22-21-8-6-9-23-27(21)19(15-33-23)14-24(22)35(5)16-20/h6,8-9,15,17-18,20,22,24-26,33,41H,7,10-14,16H2,1-5H3,(H,34,38)/t20-,22-,24+,25+,26-,31+,32-/m1/s1. The smallest absolute Gasteiger partial charge is 0.281 e. The third kappa shape index (κ3) is 3.77. The van der Waals surface area contributed by atoms with E-state index >= 15 is 0 Å². The zero-order valence-corrected chi connectivity index (χ0v) is 25.2. The van der Waals surface area contributed by atoms with Crippen molar-refractivity contribution in [3.63, 3.8) is 0 Å². The highest BCUT2D eigenvalue weighted by Gasteiger charge is 2.72. The summed E-state index contributed by atoms with van der Waals surface area (Å²) in [5, 5.41) is 16.4. The van der Waals surface area contributed by atoms with E-state index in [2.05, 4.69) is 46.6 Å². The number of benzene rings is 1. The average molecular weight is 578 g/mol. The van der Waals surface area contributed by atoms with Gasteiger partial charge in [0.25, 0.3) is 11.8 Å². The molecule has 0 bridgehead atoms. The number of carbonyl (C=O) groups excluding carboxylic acids is 3. The summed E-state index contributed by atoms with van der Waals surface area (Å²) in [6.45, 7) is 8.73. The maximum absolute atomic E-state index is 14.4. The first kappa shape index (κ1) is 27.9. The van der Waals surface area contributed by atoms with Crippen LogP contribution in [0.4, 0.5) is 0 Å². The van der Waals surface area contributed by atoms with E-state index in [9.17, 15) is 19.5 Å². The normalized spacial score (nSPS) is 36.1. The monoisotopic (exact) mass is 577 g/mol. The molecule has 4 saturated heterocycles. The van der Waals surface area contributed by atoms with Gasteiger partial charge in [-0.1, -0.05) is 39.8 Å². The lowest BCUT2D eigenvalue weighted by molar-refractivity contribution is -0.322. The van der Waals surface area contributed by atoms with Gasteiger partial charge < -0.3 is 25.2 Å². The lowest BCUT2D eigenvalue weighted by Gasteiger charge is -2.49. The van der Waals surface area contributed by atoms with Crippen molar-refractivity contribution < 1.29 is 24.2 Å². The summed E-state index contributed by atoms with van der Waals surface area (Å²) >= 11 is 0. The summed E-state index contributed by atoms with van der Waals surface area (Å²) in [5.41, 5.74) is 1.93. The number of aliphatic hydroxyl groups is 1. The van der Waals surface area contributed by atoms with Gasteiger partial charge in [0.15, 0.2) is 0 Å². The van der Waals surface area contributed by atoms with Crippen LogP contribution in [0.25, 0.3) is 10.9 Å². The van der Waals surface area contributed by atoms with Crippen molar-refractivity contribution in [2.45, 2.75) is 95.5 Å². The number of piperidine rings is 1. The fourth-order valence-electron chi connectivity index (χ4n) is 8.63. The molecule has 0 spiro atoms. The van der Waals surface area contributed by atoms with Gasteiger partial charge in [-0.25, -0.2) is 0 Å². The van der Waals surface area contributed by atoms with Crippen LogP contribution in [-0.2, 0) is 25.5 Å². The quantitative estimate of drug-likeness (QED) is 0.503. The number of ether oxygens (including phenoxy) is 1. The summed E-state index contributed by atoms with van der Waals surface area (Å²) < 4.78 is 6.45. The van der Waals surface area contributed by atoms with E-state index in [-0.39, 0.29) is 35.6 Å². The number of piperazine rings is 1. The van der Waals surface area contributed by atoms with Crippen molar-refractivity contribution in [1.29, 1.82) is 0 Å². The summed E-state index contributed by atoms with van der Waals surface area (Å²) in [7, 11) is 2.07. The molecule has 7 rings (SSSR count). The number of hydrogen-bond acceptors (Lipinski definition) is 6. The predicted molar refractivity (Wildman–Crippen MR) is 156 cm³/mol. The minimum atomic E-state index is -1.99. The molecule has 3 amide bonds. The van der Waals surface area contributed by atoms with Gasteiger partial charge in [-0.05, 0) is 62.3 Å². The van der Waals surface area contributed by atoms with Crippen molar-refractivity contribution in [1.82, 2.24) is 25.0 Å². The molecule has 0 saturated carbocycles. The SMILES string of the molecule is CC(C)C[C@H]1C(=O)N2CCC[C@@H]2[C@@]2(O)O[C@@](NC(=O)[C@@H]3C[C@@H]4c5cccc6[nH]cc(c56)C[C@@H]4N(C)C3)(C(C)C)C(=O)N12. The molecule has 1 aromatic heterocycles. The van der Waals surface area contributed by atoms with Crippen molar-refractivity contribution in [3.05, 3.63) is 35.5 Å². The van der Waals surface area contributed by atoms with E-state index in [1.807, 2.05) is 27.7 Å². The van der Waals surface area contributed by atoms with Crippen molar-refractivity contribution >= 4 is 28.6 Å². The summed E-state index contributed by atoms with van der Waals surface area (Å²) in [6.07, 6.45) is 5.36. The van der Waals surface area contributed by atoms with Crippen LogP contribution in [0.5, 0.6) is 0 Å². The molecule has 5 heterocycles. The van der Waals surface area contributed by atoms with E-state index in [1.54, 1.807) is 4.90 Å². The van der Waals surface area contributed by atoms with Crippen LogP contribution in [0.15, 0.2) is 24.4 Å². The number of rotatable bonds is 5. The van der Waals surface area contributed by atoms with E-state index in [4.69, 9.17) is 4.74 Å². The summed E-state index contributed by atoms with van der Waals surface area (Å²) in [6, 6.07) is 5.13. The van der Waals surface area contributed by atoms with Crippen LogP contribution in [0.2, 0.25) is 0 Å². The highest BCUT2D eigenvalue weighted by atomic mass is 16.7. The number of amides is 3. The zero-order valence-electron chi connectivity index (χ0n) is 25.2. The Kier molecular flexibility index (Phi) is 6.32. The van der Waals surface area contributed by atoms with Gasteiger partial charge in [0.05, 0.1) is 5.92 Å². The van der Waals surface area contributed by atoms with Gasteiger partial charge in [-0.2, -0.15) is 0 Å². The van der Waals surface area contributed by atoms with E-state index in [0.717, 1.165) is 18.4 Å². The Morgan fingerprint density at radius 3 is 2.76 bits per heavy atom. The average Bonchev–Trinajstić information content (AvgIpc) is 3.65. The van der Waals surface area contributed by atoms with Crippen LogP contribution in [-0.4, -0.2) is 92.4 Å². The summed E-state index contributed by atoms with van der Waals surface area (Å²) in [5.74, 6) is -3.48. The molecule has 42 heavy (non-hydrogen) atoms. The van der Waals surface area contributed by atoms with Crippen LogP contribution in [0.1, 0.15) is 70.4 Å². The highest BCUT2D eigenvalue weighted by Crippen LogP contribution is 2.49. The lowest BCUT2D eigenvalue weighted by Crippen LogP contribution is -2.71. The third-order valence-electron chi connectivity index (χ3n) is 10.7. The Balaban J connectivity index is 1.20. The third-order valence-corrected chi connectivity index (χ3v) is 10.7. The van der Waals surface area contributed by atoms with Gasteiger partial charge in [0.1, 0.15) is 12.1 Å². The molecular weight excluding hydrogens is 534 g/mol. The Morgan fingerprint density at radius 1 is 1.24 bits per heavy atom. The first-order chi connectivity index (χ1) is 20.0. The number of H-pyrrole nitrogens is 1. The fourth-order valence-corrected chi connectivity index (χ4v) is 8.63. The second-order valence-electron chi connectivity index (χ2n) is 14.0. The number of carbonyl (C=O) groups is 3. The molecule has 0 radical (unpaired) electrons. The highest BCUT2D eigenvalue weighted by molar-refractivity contribution is 5.97.